The Balaban J connectivity index is 2.30. The molecule has 0 radical (unpaired) electrons. The molecular formula is C6H11N5O. The molecule has 1 aromatic heterocycles. The van der Waals surface area contributed by atoms with Crippen LogP contribution in [0.3, 0.4) is 0 Å². The highest BCUT2D eigenvalue weighted by molar-refractivity contribution is 5.91. The van der Waals surface area contributed by atoms with Gasteiger partial charge in [0.2, 0.25) is 0 Å². The van der Waals surface area contributed by atoms with E-state index in [0.717, 1.165) is 6.42 Å². The van der Waals surface area contributed by atoms with Gasteiger partial charge in [0.15, 0.2) is 5.69 Å². The summed E-state index contributed by atoms with van der Waals surface area (Å²) in [5, 5.41) is 12.1. The van der Waals surface area contributed by atoms with Crippen molar-refractivity contribution in [3.05, 3.63) is 11.9 Å². The molecule has 0 spiro atoms. The molecule has 1 aromatic rings. The van der Waals surface area contributed by atoms with Crippen LogP contribution in [0.5, 0.6) is 0 Å². The van der Waals surface area contributed by atoms with Crippen molar-refractivity contribution >= 4 is 5.91 Å². The highest BCUT2D eigenvalue weighted by Gasteiger charge is 2.05. The second-order valence-electron chi connectivity index (χ2n) is 2.25. The molecule has 0 aliphatic heterocycles. The number of nitrogens with zero attached hydrogens (tertiary/aromatic N) is 2. The largest absolute Gasteiger partial charge is 0.351 e. The quantitative estimate of drug-likeness (QED) is 0.497. The average molecular weight is 169 g/mol. The van der Waals surface area contributed by atoms with Gasteiger partial charge < -0.3 is 11.1 Å². The van der Waals surface area contributed by atoms with Gasteiger partial charge in [-0.1, -0.05) is 0 Å². The fourth-order valence-corrected chi connectivity index (χ4v) is 0.706. The standard InChI is InChI=1S/C6H11N5O/c7-2-1-3-8-6(12)5-4-9-11-10-5/h4H,1-3,7H2,(H,8,12)(H,9,10,11). The number of carbonyl (C=O) groups is 1. The van der Waals surface area contributed by atoms with E-state index in [-0.39, 0.29) is 5.91 Å². The summed E-state index contributed by atoms with van der Waals surface area (Å²) in [5.41, 5.74) is 5.55. The van der Waals surface area contributed by atoms with E-state index < -0.39 is 0 Å². The zero-order valence-corrected chi connectivity index (χ0v) is 6.58. The Morgan fingerprint density at radius 3 is 3.17 bits per heavy atom. The van der Waals surface area contributed by atoms with Gasteiger partial charge in [-0.15, -0.1) is 0 Å². The minimum atomic E-state index is -0.225. The molecule has 1 heterocycles. The lowest BCUT2D eigenvalue weighted by Gasteiger charge is -1.99. The Hall–Kier alpha value is -1.43. The molecule has 0 fully saturated rings. The Morgan fingerprint density at radius 1 is 1.75 bits per heavy atom. The van der Waals surface area contributed by atoms with Gasteiger partial charge in [-0.3, -0.25) is 4.79 Å². The summed E-state index contributed by atoms with van der Waals surface area (Å²) in [6.45, 7) is 1.14. The number of hydrogen-bond acceptors (Lipinski definition) is 4. The van der Waals surface area contributed by atoms with E-state index in [0.29, 0.717) is 18.8 Å². The van der Waals surface area contributed by atoms with E-state index in [9.17, 15) is 4.79 Å². The molecule has 0 aliphatic carbocycles. The second kappa shape index (κ2) is 4.45. The van der Waals surface area contributed by atoms with Crippen molar-refractivity contribution in [2.45, 2.75) is 6.42 Å². The highest BCUT2D eigenvalue weighted by atomic mass is 16.1. The SMILES string of the molecule is NCCCNC(=O)c1cn[nH]n1. The summed E-state index contributed by atoms with van der Waals surface area (Å²) in [7, 11) is 0. The molecule has 0 bridgehead atoms. The molecule has 66 valence electrons. The number of amides is 1. The first-order valence-electron chi connectivity index (χ1n) is 3.68. The zero-order valence-electron chi connectivity index (χ0n) is 6.58. The van der Waals surface area contributed by atoms with E-state index in [1.54, 1.807) is 0 Å². The maximum absolute atomic E-state index is 11.1. The molecule has 4 N–H and O–H groups in total. The molecule has 0 atom stereocenters. The number of nitrogens with two attached hydrogens (primary N) is 1. The van der Waals surface area contributed by atoms with E-state index in [2.05, 4.69) is 20.7 Å². The Kier molecular flexibility index (Phi) is 3.21. The number of H-pyrrole nitrogens is 1. The van der Waals surface area contributed by atoms with Gasteiger partial charge in [0.25, 0.3) is 5.91 Å². The van der Waals surface area contributed by atoms with E-state index in [1.165, 1.54) is 6.20 Å². The van der Waals surface area contributed by atoms with Crippen molar-refractivity contribution in [1.82, 2.24) is 20.7 Å². The third-order valence-corrected chi connectivity index (χ3v) is 1.31. The molecule has 0 saturated carbocycles. The predicted molar refractivity (Wildman–Crippen MR) is 42.4 cm³/mol. The third-order valence-electron chi connectivity index (χ3n) is 1.31. The minimum absolute atomic E-state index is 0.225. The van der Waals surface area contributed by atoms with Gasteiger partial charge in [-0.05, 0) is 13.0 Å². The summed E-state index contributed by atoms with van der Waals surface area (Å²) in [4.78, 5) is 11.1. The van der Waals surface area contributed by atoms with Crippen LogP contribution in [0.15, 0.2) is 6.20 Å². The van der Waals surface area contributed by atoms with E-state index >= 15 is 0 Å². The Bertz CT molecular complexity index is 232. The molecule has 6 heteroatoms. The molecule has 1 amide bonds. The smallest absolute Gasteiger partial charge is 0.273 e. The first-order valence-corrected chi connectivity index (χ1v) is 3.68. The molecule has 0 aliphatic rings. The number of aromatic amines is 1. The normalized spacial score (nSPS) is 9.75. The van der Waals surface area contributed by atoms with Gasteiger partial charge in [0.1, 0.15) is 0 Å². The van der Waals surface area contributed by atoms with Crippen LogP contribution in [-0.4, -0.2) is 34.4 Å². The number of hydrogen-bond donors (Lipinski definition) is 3. The summed E-state index contributed by atoms with van der Waals surface area (Å²) < 4.78 is 0. The maximum atomic E-state index is 11.1. The highest BCUT2D eigenvalue weighted by Crippen LogP contribution is 1.87. The fourth-order valence-electron chi connectivity index (χ4n) is 0.706. The van der Waals surface area contributed by atoms with Crippen LogP contribution in [0.4, 0.5) is 0 Å². The van der Waals surface area contributed by atoms with Crippen LogP contribution < -0.4 is 11.1 Å². The number of rotatable bonds is 4. The molecule has 0 aromatic carbocycles. The molecule has 1 rings (SSSR count). The minimum Gasteiger partial charge on any atom is -0.351 e. The van der Waals surface area contributed by atoms with Crippen molar-refractivity contribution < 1.29 is 4.79 Å². The van der Waals surface area contributed by atoms with Crippen LogP contribution in [0, 0.1) is 0 Å². The Morgan fingerprint density at radius 2 is 2.58 bits per heavy atom. The number of aromatic nitrogens is 3. The topological polar surface area (TPSA) is 96.7 Å². The van der Waals surface area contributed by atoms with Gasteiger partial charge >= 0.3 is 0 Å². The molecule has 0 saturated heterocycles. The lowest BCUT2D eigenvalue weighted by Crippen LogP contribution is -2.26. The van der Waals surface area contributed by atoms with Crippen molar-refractivity contribution in [1.29, 1.82) is 0 Å². The Labute approximate surface area is 69.5 Å². The van der Waals surface area contributed by atoms with Crippen molar-refractivity contribution in [3.8, 4) is 0 Å². The maximum Gasteiger partial charge on any atom is 0.273 e. The predicted octanol–water partition coefficient (Wildman–Crippen LogP) is -1.12. The molecular weight excluding hydrogens is 158 g/mol. The average Bonchev–Trinajstić information content (AvgIpc) is 2.56. The monoisotopic (exact) mass is 169 g/mol. The van der Waals surface area contributed by atoms with Gasteiger partial charge in [-0.25, -0.2) is 0 Å². The van der Waals surface area contributed by atoms with Gasteiger partial charge in [-0.2, -0.15) is 15.4 Å². The summed E-state index contributed by atoms with van der Waals surface area (Å²) in [6.07, 6.45) is 2.14. The van der Waals surface area contributed by atoms with Crippen molar-refractivity contribution in [2.75, 3.05) is 13.1 Å². The van der Waals surface area contributed by atoms with Crippen LogP contribution in [0.2, 0.25) is 0 Å². The molecule has 6 nitrogen and oxygen atoms in total. The summed E-state index contributed by atoms with van der Waals surface area (Å²) >= 11 is 0. The molecule has 12 heavy (non-hydrogen) atoms. The van der Waals surface area contributed by atoms with Crippen molar-refractivity contribution in [2.24, 2.45) is 5.73 Å². The van der Waals surface area contributed by atoms with Crippen LogP contribution in [0.25, 0.3) is 0 Å². The van der Waals surface area contributed by atoms with Crippen LogP contribution in [-0.2, 0) is 0 Å². The second-order valence-corrected chi connectivity index (χ2v) is 2.25. The lowest BCUT2D eigenvalue weighted by atomic mass is 10.4. The first-order chi connectivity index (χ1) is 5.84. The van der Waals surface area contributed by atoms with Crippen LogP contribution >= 0.6 is 0 Å². The zero-order chi connectivity index (χ0) is 8.81. The van der Waals surface area contributed by atoms with Gasteiger partial charge in [0, 0.05) is 6.54 Å². The van der Waals surface area contributed by atoms with E-state index in [4.69, 9.17) is 5.73 Å². The van der Waals surface area contributed by atoms with Crippen LogP contribution in [0.1, 0.15) is 16.9 Å². The lowest BCUT2D eigenvalue weighted by molar-refractivity contribution is 0.0948. The number of carbonyl (C=O) groups excluding carboxylic acids is 1. The van der Waals surface area contributed by atoms with E-state index in [1.807, 2.05) is 0 Å². The summed E-state index contributed by atoms with van der Waals surface area (Å²) in [6, 6.07) is 0. The third kappa shape index (κ3) is 2.31. The fraction of sp³-hybridized carbons (Fsp3) is 0.500. The first kappa shape index (κ1) is 8.66. The van der Waals surface area contributed by atoms with Gasteiger partial charge in [0.05, 0.1) is 6.20 Å². The number of nitrogens with one attached hydrogen (secondary N) is 2. The van der Waals surface area contributed by atoms with Crippen molar-refractivity contribution in [3.63, 3.8) is 0 Å². The summed E-state index contributed by atoms with van der Waals surface area (Å²) in [5.74, 6) is -0.225. The molecule has 0 unspecified atom stereocenters.